The van der Waals surface area contributed by atoms with Gasteiger partial charge in [0.05, 0.1) is 17.8 Å². The van der Waals surface area contributed by atoms with Crippen molar-refractivity contribution in [3.05, 3.63) is 41.4 Å². The van der Waals surface area contributed by atoms with Crippen LogP contribution in [0.3, 0.4) is 0 Å². The molecule has 1 aliphatic heterocycles. The van der Waals surface area contributed by atoms with Crippen molar-refractivity contribution in [1.82, 2.24) is 10.3 Å². The fourth-order valence-electron chi connectivity index (χ4n) is 1.76. The summed E-state index contributed by atoms with van der Waals surface area (Å²) in [6.45, 7) is 1.79. The molecule has 8 heteroatoms. The van der Waals surface area contributed by atoms with Gasteiger partial charge in [0.2, 0.25) is 0 Å². The Morgan fingerprint density at radius 1 is 1.38 bits per heavy atom. The maximum absolute atomic E-state index is 12.4. The number of aromatic nitrogens is 1. The van der Waals surface area contributed by atoms with Crippen molar-refractivity contribution in [2.24, 2.45) is 10.7 Å². The van der Waals surface area contributed by atoms with Crippen molar-refractivity contribution >= 4 is 12.1 Å². The van der Waals surface area contributed by atoms with Gasteiger partial charge in [0.15, 0.2) is 6.17 Å². The van der Waals surface area contributed by atoms with E-state index < -0.39 is 24.2 Å². The number of carbonyl (C=O) groups excluding carboxylic acids is 1. The fraction of sp³-hybridized carbons (Fsp3) is 0.308. The molecule has 2 atom stereocenters. The largest absolute Gasteiger partial charge is 0.421 e. The molecule has 0 radical (unpaired) electrons. The summed E-state index contributed by atoms with van der Waals surface area (Å²) in [5, 5.41) is 2.08. The third-order valence-corrected chi connectivity index (χ3v) is 2.91. The molecule has 1 aromatic heterocycles. The molecule has 0 saturated carbocycles. The van der Waals surface area contributed by atoms with E-state index in [0.29, 0.717) is 5.56 Å². The van der Waals surface area contributed by atoms with Crippen LogP contribution in [-0.4, -0.2) is 29.4 Å². The normalized spacial score (nSPS) is 20.1. The number of allylic oxidation sites excluding steroid dienone is 1. The maximum Gasteiger partial charge on any atom is 0.421 e. The Morgan fingerprint density at radius 3 is 2.67 bits per heavy atom. The molecule has 21 heavy (non-hydrogen) atoms. The molecule has 2 heterocycles. The number of nitrogens with one attached hydrogen (secondary N) is 1. The van der Waals surface area contributed by atoms with Crippen molar-refractivity contribution in [2.75, 3.05) is 0 Å². The molecule has 0 aliphatic carbocycles. The van der Waals surface area contributed by atoms with Crippen LogP contribution in [0.1, 0.15) is 17.2 Å². The van der Waals surface area contributed by atoms with Crippen molar-refractivity contribution < 1.29 is 18.0 Å². The summed E-state index contributed by atoms with van der Waals surface area (Å²) in [4.78, 5) is 19.4. The Labute approximate surface area is 118 Å². The highest BCUT2D eigenvalue weighted by molar-refractivity contribution is 5.99. The second-order valence-electron chi connectivity index (χ2n) is 4.59. The number of aliphatic imine (C=N–C) groups is 1. The quantitative estimate of drug-likeness (QED) is 0.827. The molecule has 112 valence electrons. The zero-order valence-corrected chi connectivity index (χ0v) is 11.1. The van der Waals surface area contributed by atoms with E-state index in [1.54, 1.807) is 19.1 Å². The number of carbonyl (C=O) groups is 1. The molecule has 0 saturated heterocycles. The van der Waals surface area contributed by atoms with Gasteiger partial charge in [-0.2, -0.15) is 13.2 Å². The summed E-state index contributed by atoms with van der Waals surface area (Å²) in [6, 6.07) is 3.40. The summed E-state index contributed by atoms with van der Waals surface area (Å²) in [5.74, 6) is -1.24. The maximum atomic E-state index is 12.4. The molecule has 1 amide bonds. The minimum atomic E-state index is -4.59. The first-order valence-electron chi connectivity index (χ1n) is 6.08. The van der Waals surface area contributed by atoms with Gasteiger partial charge in [-0.1, -0.05) is 6.07 Å². The van der Waals surface area contributed by atoms with Crippen molar-refractivity contribution in [3.63, 3.8) is 0 Å². The lowest BCUT2D eigenvalue weighted by Gasteiger charge is -2.21. The summed E-state index contributed by atoms with van der Waals surface area (Å²) in [5.41, 5.74) is 6.36. The molecule has 2 rings (SSSR count). The van der Waals surface area contributed by atoms with Crippen LogP contribution in [0, 0.1) is 6.92 Å². The highest BCUT2D eigenvalue weighted by Gasteiger charge is 2.37. The first-order valence-corrected chi connectivity index (χ1v) is 6.08. The van der Waals surface area contributed by atoms with Gasteiger partial charge < -0.3 is 11.1 Å². The molecular formula is C13H13F3N4O. The van der Waals surface area contributed by atoms with Crippen LogP contribution in [0.15, 0.2) is 35.1 Å². The first-order chi connectivity index (χ1) is 9.77. The second kappa shape index (κ2) is 5.65. The van der Waals surface area contributed by atoms with E-state index in [-0.39, 0.29) is 5.70 Å². The highest BCUT2D eigenvalue weighted by atomic mass is 19.4. The number of hydrogen-bond donors (Lipinski definition) is 2. The lowest BCUT2D eigenvalue weighted by molar-refractivity contribution is -0.152. The number of nitrogens with zero attached hydrogens (tertiary/aromatic N) is 2. The Kier molecular flexibility index (Phi) is 4.08. The van der Waals surface area contributed by atoms with Crippen LogP contribution < -0.4 is 11.1 Å². The smallest absolute Gasteiger partial charge is 0.362 e. The van der Waals surface area contributed by atoms with Gasteiger partial charge in [-0.3, -0.25) is 9.78 Å². The summed E-state index contributed by atoms with van der Waals surface area (Å²) >= 11 is 0. The zero-order valence-electron chi connectivity index (χ0n) is 11.1. The minimum absolute atomic E-state index is 0.0463. The van der Waals surface area contributed by atoms with E-state index in [9.17, 15) is 18.0 Å². The number of pyridine rings is 1. The lowest BCUT2D eigenvalue weighted by atomic mass is 9.97. The van der Waals surface area contributed by atoms with Gasteiger partial charge in [0.1, 0.15) is 0 Å². The van der Waals surface area contributed by atoms with Crippen LogP contribution in [0.25, 0.3) is 0 Å². The van der Waals surface area contributed by atoms with E-state index in [4.69, 9.17) is 5.73 Å². The second-order valence-corrected chi connectivity index (χ2v) is 4.59. The average Bonchev–Trinajstić information content (AvgIpc) is 2.41. The van der Waals surface area contributed by atoms with Crippen molar-refractivity contribution in [2.45, 2.75) is 25.2 Å². The van der Waals surface area contributed by atoms with Gasteiger partial charge in [0.25, 0.3) is 5.91 Å². The molecule has 1 aliphatic rings. The third-order valence-electron chi connectivity index (χ3n) is 2.91. The molecule has 0 aromatic carbocycles. The first kappa shape index (κ1) is 15.2. The van der Waals surface area contributed by atoms with Gasteiger partial charge in [0, 0.05) is 11.9 Å². The number of nitrogens with two attached hydrogens (primary N) is 1. The molecule has 1 aromatic rings. The molecule has 3 N–H and O–H groups in total. The SMILES string of the molecule is Cc1ccc(C2C=C(NC(N)C(F)(F)F)C=NC2=O)cn1. The third kappa shape index (κ3) is 3.66. The van der Waals surface area contributed by atoms with Gasteiger partial charge in [-0.05, 0) is 24.6 Å². The zero-order chi connectivity index (χ0) is 15.6. The lowest BCUT2D eigenvalue weighted by Crippen LogP contribution is -2.49. The Bertz CT molecular complexity index is 592. The number of alkyl halides is 3. The topological polar surface area (TPSA) is 80.4 Å². The van der Waals surface area contributed by atoms with Crippen LogP contribution in [0.2, 0.25) is 0 Å². The fourth-order valence-corrected chi connectivity index (χ4v) is 1.76. The van der Waals surface area contributed by atoms with Gasteiger partial charge in [-0.15, -0.1) is 0 Å². The predicted molar refractivity (Wildman–Crippen MR) is 70.5 cm³/mol. The number of dihydropyridines is 1. The van der Waals surface area contributed by atoms with Crippen LogP contribution in [-0.2, 0) is 4.79 Å². The van der Waals surface area contributed by atoms with E-state index in [2.05, 4.69) is 15.3 Å². The van der Waals surface area contributed by atoms with Crippen LogP contribution in [0.4, 0.5) is 13.2 Å². The van der Waals surface area contributed by atoms with E-state index in [1.807, 2.05) is 0 Å². The number of aryl methyl sites for hydroxylation is 1. The Balaban J connectivity index is 2.21. The van der Waals surface area contributed by atoms with Crippen molar-refractivity contribution in [1.29, 1.82) is 0 Å². The number of rotatable bonds is 3. The molecule has 0 bridgehead atoms. The molecule has 0 fully saturated rings. The highest BCUT2D eigenvalue weighted by Crippen LogP contribution is 2.23. The van der Waals surface area contributed by atoms with E-state index in [0.717, 1.165) is 11.9 Å². The predicted octanol–water partition coefficient (Wildman–Crippen LogP) is 1.41. The van der Waals surface area contributed by atoms with Crippen LogP contribution >= 0.6 is 0 Å². The Hall–Kier alpha value is -2.22. The van der Waals surface area contributed by atoms with Crippen LogP contribution in [0.5, 0.6) is 0 Å². The minimum Gasteiger partial charge on any atom is -0.362 e. The molecular weight excluding hydrogens is 285 g/mol. The summed E-state index contributed by atoms with van der Waals surface area (Å²) < 4.78 is 37.2. The van der Waals surface area contributed by atoms with Crippen molar-refractivity contribution in [3.8, 4) is 0 Å². The van der Waals surface area contributed by atoms with E-state index in [1.165, 1.54) is 12.3 Å². The average molecular weight is 298 g/mol. The molecule has 2 unspecified atom stereocenters. The summed E-state index contributed by atoms with van der Waals surface area (Å²) in [7, 11) is 0. The van der Waals surface area contributed by atoms with E-state index >= 15 is 0 Å². The number of hydrogen-bond acceptors (Lipinski definition) is 4. The number of halogens is 3. The van der Waals surface area contributed by atoms with Gasteiger partial charge >= 0.3 is 6.18 Å². The standard InChI is InChI=1S/C13H13F3N4O/c1-7-2-3-8(5-18-7)10-4-9(6-19-11(10)21)20-12(17)13(14,15)16/h2-6,10,12,20H,17H2,1H3. The molecule has 0 spiro atoms. The van der Waals surface area contributed by atoms with Gasteiger partial charge in [-0.25, -0.2) is 4.99 Å². The molecule has 5 nitrogen and oxygen atoms in total. The number of amides is 1. The summed E-state index contributed by atoms with van der Waals surface area (Å²) in [6.07, 6.45) is -2.92. The Morgan fingerprint density at radius 2 is 2.10 bits per heavy atom. The monoisotopic (exact) mass is 298 g/mol.